The van der Waals surface area contributed by atoms with Crippen LogP contribution in [0.5, 0.6) is 0 Å². The van der Waals surface area contributed by atoms with Crippen molar-refractivity contribution in [3.05, 3.63) is 162 Å². The van der Waals surface area contributed by atoms with Gasteiger partial charge < -0.3 is 0 Å². The van der Waals surface area contributed by atoms with Crippen molar-refractivity contribution in [3.63, 3.8) is 0 Å². The van der Waals surface area contributed by atoms with Crippen molar-refractivity contribution < 1.29 is 0 Å². The van der Waals surface area contributed by atoms with Gasteiger partial charge in [-0.05, 0) is 57.7 Å². The second-order valence-electron chi connectivity index (χ2n) is 8.63. The highest BCUT2D eigenvalue weighted by Crippen LogP contribution is 2.46. The van der Waals surface area contributed by atoms with Crippen LogP contribution in [0.3, 0.4) is 0 Å². The molecular weight excluding hydrogens is 427 g/mol. The molecule has 0 saturated carbocycles. The Bertz CT molecular complexity index is 1380. The van der Waals surface area contributed by atoms with Crippen molar-refractivity contribution in [3.8, 4) is 0 Å². The van der Waals surface area contributed by atoms with Crippen molar-refractivity contribution in [1.82, 2.24) is 0 Å². The molecule has 0 aromatic heterocycles. The summed E-state index contributed by atoms with van der Waals surface area (Å²) in [5.74, 6) is 0.257. The number of hydrogen-bond acceptors (Lipinski definition) is 0. The molecule has 0 fully saturated rings. The smallest absolute Gasteiger partial charge is 0.0352 e. The van der Waals surface area contributed by atoms with Gasteiger partial charge in [0.05, 0.1) is 0 Å². The molecule has 0 radical (unpaired) electrons. The van der Waals surface area contributed by atoms with Gasteiger partial charge in [0.1, 0.15) is 0 Å². The molecule has 0 bridgehead atoms. The predicted molar refractivity (Wildman–Crippen MR) is 148 cm³/mol. The third-order valence-electron chi connectivity index (χ3n) is 6.55. The maximum Gasteiger partial charge on any atom is 0.0352 e. The van der Waals surface area contributed by atoms with Gasteiger partial charge in [-0.1, -0.05) is 140 Å². The van der Waals surface area contributed by atoms with Gasteiger partial charge >= 0.3 is 0 Å². The SMILES string of the molecule is C1=C(c2ccccc2)C(c2ccc(P(c3ccccc3)c3ccccc3)cc2)c2ccccc21. The summed E-state index contributed by atoms with van der Waals surface area (Å²) in [5, 5.41) is 4.15. The maximum atomic E-state index is 2.37. The molecule has 0 amide bonds. The molecule has 5 aromatic rings. The fourth-order valence-electron chi connectivity index (χ4n) is 4.98. The first kappa shape index (κ1) is 20.8. The van der Waals surface area contributed by atoms with Crippen LogP contribution >= 0.6 is 7.92 Å². The molecule has 0 heterocycles. The van der Waals surface area contributed by atoms with Gasteiger partial charge in [0.2, 0.25) is 0 Å². The van der Waals surface area contributed by atoms with Crippen LogP contribution in [0.1, 0.15) is 28.2 Å². The first-order valence-corrected chi connectivity index (χ1v) is 13.1. The molecule has 0 N–H and O–H groups in total. The van der Waals surface area contributed by atoms with Crippen molar-refractivity contribution in [2.45, 2.75) is 5.92 Å². The molecular formula is C33H25P. The van der Waals surface area contributed by atoms with E-state index < -0.39 is 7.92 Å². The van der Waals surface area contributed by atoms with E-state index in [2.05, 4.69) is 146 Å². The summed E-state index contributed by atoms with van der Waals surface area (Å²) in [6, 6.07) is 50.8. The van der Waals surface area contributed by atoms with Crippen LogP contribution in [0.15, 0.2) is 140 Å². The van der Waals surface area contributed by atoms with Gasteiger partial charge in [0, 0.05) is 5.92 Å². The topological polar surface area (TPSA) is 0 Å². The molecule has 0 spiro atoms. The molecule has 6 rings (SSSR count). The molecule has 34 heavy (non-hydrogen) atoms. The molecule has 0 nitrogen and oxygen atoms in total. The number of allylic oxidation sites excluding steroid dienone is 1. The Morgan fingerprint density at radius 2 is 0.941 bits per heavy atom. The van der Waals surface area contributed by atoms with Crippen LogP contribution in [0.2, 0.25) is 0 Å². The summed E-state index contributed by atoms with van der Waals surface area (Å²) in [6.07, 6.45) is 2.37. The van der Waals surface area contributed by atoms with Crippen LogP contribution in [0.4, 0.5) is 0 Å². The highest BCUT2D eigenvalue weighted by Gasteiger charge is 2.27. The van der Waals surface area contributed by atoms with Gasteiger partial charge in [-0.15, -0.1) is 0 Å². The van der Waals surface area contributed by atoms with Crippen LogP contribution in [0.25, 0.3) is 11.6 Å². The van der Waals surface area contributed by atoms with Crippen molar-refractivity contribution in [1.29, 1.82) is 0 Å². The predicted octanol–water partition coefficient (Wildman–Crippen LogP) is 7.13. The van der Waals surface area contributed by atoms with Gasteiger partial charge in [0.25, 0.3) is 0 Å². The van der Waals surface area contributed by atoms with Crippen molar-refractivity contribution in [2.75, 3.05) is 0 Å². The first-order valence-electron chi connectivity index (χ1n) is 11.7. The van der Waals surface area contributed by atoms with Crippen molar-refractivity contribution >= 4 is 35.5 Å². The molecule has 1 aliphatic rings. The third-order valence-corrected chi connectivity index (χ3v) is 8.99. The fraction of sp³-hybridized carbons (Fsp3) is 0.0303. The molecule has 0 saturated heterocycles. The molecule has 162 valence electrons. The lowest BCUT2D eigenvalue weighted by atomic mass is 9.85. The Morgan fingerprint density at radius 1 is 0.441 bits per heavy atom. The van der Waals surface area contributed by atoms with Crippen LogP contribution in [-0.4, -0.2) is 0 Å². The summed E-state index contributed by atoms with van der Waals surface area (Å²) in [4.78, 5) is 0. The molecule has 5 aromatic carbocycles. The van der Waals surface area contributed by atoms with E-state index in [0.717, 1.165) is 0 Å². The number of fused-ring (bicyclic) bond motifs is 1. The zero-order chi connectivity index (χ0) is 22.7. The van der Waals surface area contributed by atoms with Gasteiger partial charge in [-0.3, -0.25) is 0 Å². The Hall–Kier alpha value is -3.73. The number of rotatable bonds is 5. The van der Waals surface area contributed by atoms with E-state index >= 15 is 0 Å². The largest absolute Gasteiger partial charge is 0.0622 e. The van der Waals surface area contributed by atoms with E-state index in [0.29, 0.717) is 0 Å². The summed E-state index contributed by atoms with van der Waals surface area (Å²) in [5.41, 5.74) is 6.74. The van der Waals surface area contributed by atoms with Crippen LogP contribution in [0, 0.1) is 0 Å². The zero-order valence-corrected chi connectivity index (χ0v) is 19.8. The van der Waals surface area contributed by atoms with E-state index in [1.807, 2.05) is 0 Å². The van der Waals surface area contributed by atoms with Crippen molar-refractivity contribution in [2.24, 2.45) is 0 Å². The molecule has 0 aliphatic heterocycles. The minimum Gasteiger partial charge on any atom is -0.0622 e. The second-order valence-corrected chi connectivity index (χ2v) is 10.8. The summed E-state index contributed by atoms with van der Waals surface area (Å²) < 4.78 is 0. The van der Waals surface area contributed by atoms with Gasteiger partial charge in [-0.2, -0.15) is 0 Å². The second kappa shape index (κ2) is 9.26. The number of hydrogen-bond donors (Lipinski definition) is 0. The van der Waals surface area contributed by atoms with E-state index in [4.69, 9.17) is 0 Å². The highest BCUT2D eigenvalue weighted by atomic mass is 31.1. The van der Waals surface area contributed by atoms with Gasteiger partial charge in [-0.25, -0.2) is 0 Å². The molecule has 1 unspecified atom stereocenters. The summed E-state index contributed by atoms with van der Waals surface area (Å²) in [7, 11) is -0.593. The van der Waals surface area contributed by atoms with Crippen LogP contribution in [-0.2, 0) is 0 Å². The molecule has 1 heteroatoms. The normalized spacial score (nSPS) is 14.6. The van der Waals surface area contributed by atoms with Gasteiger partial charge in [0.15, 0.2) is 0 Å². The average Bonchev–Trinajstić information content (AvgIpc) is 3.31. The Kier molecular flexibility index (Phi) is 5.68. The molecule has 1 atom stereocenters. The highest BCUT2D eigenvalue weighted by molar-refractivity contribution is 7.79. The first-order chi connectivity index (χ1) is 16.9. The summed E-state index contributed by atoms with van der Waals surface area (Å²) in [6.45, 7) is 0. The number of benzene rings is 5. The van der Waals surface area contributed by atoms with E-state index in [1.54, 1.807) is 0 Å². The average molecular weight is 453 g/mol. The van der Waals surface area contributed by atoms with Crippen LogP contribution < -0.4 is 15.9 Å². The maximum absolute atomic E-state index is 2.37. The monoisotopic (exact) mass is 452 g/mol. The minimum absolute atomic E-state index is 0.257. The lowest BCUT2D eigenvalue weighted by Gasteiger charge is -2.22. The standard InChI is InChI=1S/C33H25P/c1-4-12-25(13-5-1)32-24-27-14-10-11-19-31(27)33(32)26-20-22-30(23-21-26)34(28-15-6-2-7-16-28)29-17-8-3-9-18-29/h1-24,33H. The third kappa shape index (κ3) is 3.92. The Balaban J connectivity index is 1.42. The quantitative estimate of drug-likeness (QED) is 0.249. The minimum atomic E-state index is -0.593. The fourth-order valence-corrected chi connectivity index (χ4v) is 7.26. The lowest BCUT2D eigenvalue weighted by molar-refractivity contribution is 1.07. The Morgan fingerprint density at radius 3 is 1.56 bits per heavy atom. The van der Waals surface area contributed by atoms with E-state index in [1.165, 1.54) is 43.7 Å². The lowest BCUT2D eigenvalue weighted by Crippen LogP contribution is -2.20. The molecule has 1 aliphatic carbocycles. The zero-order valence-electron chi connectivity index (χ0n) is 18.9. The van der Waals surface area contributed by atoms with E-state index in [-0.39, 0.29) is 5.92 Å². The van der Waals surface area contributed by atoms with E-state index in [9.17, 15) is 0 Å². The Labute approximate surface area is 203 Å². The summed E-state index contributed by atoms with van der Waals surface area (Å²) >= 11 is 0.